The molecule has 0 heterocycles. The van der Waals surface area contributed by atoms with E-state index in [1.807, 2.05) is 5.32 Å². The van der Waals surface area contributed by atoms with Gasteiger partial charge in [-0.05, 0) is 31.3 Å². The Bertz CT molecular complexity index is 809. The molecule has 16 heteroatoms. The van der Waals surface area contributed by atoms with E-state index in [4.69, 9.17) is 26.8 Å². The Morgan fingerprint density at radius 3 is 1.54 bits per heavy atom. The predicted molar refractivity (Wildman–Crippen MR) is 122 cm³/mol. The molecule has 0 saturated carbocycles. The third-order valence-electron chi connectivity index (χ3n) is 4.55. The smallest absolute Gasteiger partial charge is 0.326 e. The molecule has 0 rings (SSSR count). The Hall–Kier alpha value is -3.40. The summed E-state index contributed by atoms with van der Waals surface area (Å²) < 4.78 is 0. The minimum Gasteiger partial charge on any atom is -0.481 e. The van der Waals surface area contributed by atoms with Crippen LogP contribution in [0.2, 0.25) is 0 Å². The number of carboxylic acid groups (broad SMARTS) is 3. The van der Waals surface area contributed by atoms with Gasteiger partial charge in [0.2, 0.25) is 23.6 Å². The van der Waals surface area contributed by atoms with Gasteiger partial charge < -0.3 is 42.7 Å². The van der Waals surface area contributed by atoms with Gasteiger partial charge >= 0.3 is 17.9 Å². The van der Waals surface area contributed by atoms with Crippen LogP contribution in [0.25, 0.3) is 0 Å². The van der Waals surface area contributed by atoms with Crippen LogP contribution in [0, 0.1) is 0 Å². The van der Waals surface area contributed by atoms with Crippen LogP contribution in [-0.4, -0.2) is 93.0 Å². The summed E-state index contributed by atoms with van der Waals surface area (Å²) >= 11 is 1.44. The largest absolute Gasteiger partial charge is 0.481 e. The molecule has 198 valence electrons. The summed E-state index contributed by atoms with van der Waals surface area (Å²) in [5, 5.41) is 33.6. The predicted octanol–water partition coefficient (Wildman–Crippen LogP) is -2.79. The van der Waals surface area contributed by atoms with Crippen molar-refractivity contribution < 1.29 is 48.9 Å². The van der Waals surface area contributed by atoms with Crippen LogP contribution < -0.4 is 27.4 Å². The molecule has 0 aromatic carbocycles. The maximum Gasteiger partial charge on any atom is 0.326 e. The van der Waals surface area contributed by atoms with Crippen LogP contribution >= 0.6 is 11.8 Å². The van der Waals surface area contributed by atoms with Crippen molar-refractivity contribution in [1.82, 2.24) is 16.0 Å². The van der Waals surface area contributed by atoms with Crippen molar-refractivity contribution in [3.05, 3.63) is 0 Å². The van der Waals surface area contributed by atoms with Crippen molar-refractivity contribution in [2.24, 2.45) is 11.5 Å². The highest BCUT2D eigenvalue weighted by molar-refractivity contribution is 7.98. The summed E-state index contributed by atoms with van der Waals surface area (Å²) in [5.74, 6) is -7.52. The quantitative estimate of drug-likeness (QED) is 0.0909. The Kier molecular flexibility index (Phi) is 14.7. The fraction of sp³-hybridized carbons (Fsp3) is 0.632. The summed E-state index contributed by atoms with van der Waals surface area (Å²) in [7, 11) is 0. The maximum atomic E-state index is 12.8. The maximum absolute atomic E-state index is 12.8. The zero-order valence-electron chi connectivity index (χ0n) is 19.0. The number of hydrogen-bond donors (Lipinski definition) is 8. The molecule has 35 heavy (non-hydrogen) atoms. The molecule has 0 fully saturated rings. The van der Waals surface area contributed by atoms with Gasteiger partial charge in [0.05, 0.1) is 12.5 Å². The van der Waals surface area contributed by atoms with Gasteiger partial charge in [0, 0.05) is 12.8 Å². The average molecular weight is 522 g/mol. The molecule has 10 N–H and O–H groups in total. The monoisotopic (exact) mass is 521 g/mol. The number of nitrogens with one attached hydrogen (secondary N) is 3. The first-order valence-corrected chi connectivity index (χ1v) is 11.8. The highest BCUT2D eigenvalue weighted by Gasteiger charge is 2.31. The summed E-state index contributed by atoms with van der Waals surface area (Å²) in [5.41, 5.74) is 10.7. The number of nitrogens with two attached hydrogens (primary N) is 2. The SMILES string of the molecule is CSCCC(N)C(=O)NC(CCC(=O)O)C(=O)NC(CCC(=O)O)C(=O)NC(CC(N)=O)C(=O)O. The second-order valence-electron chi connectivity index (χ2n) is 7.44. The van der Waals surface area contributed by atoms with Gasteiger partial charge in [-0.25, -0.2) is 4.79 Å². The zero-order valence-corrected chi connectivity index (χ0v) is 19.8. The molecule has 0 aliphatic heterocycles. The van der Waals surface area contributed by atoms with Gasteiger partial charge in [-0.3, -0.25) is 28.8 Å². The van der Waals surface area contributed by atoms with E-state index >= 15 is 0 Å². The number of hydrogen-bond acceptors (Lipinski definition) is 9. The summed E-state index contributed by atoms with van der Waals surface area (Å²) in [6.07, 6.45) is -0.639. The molecule has 0 radical (unpaired) electrons. The molecule has 15 nitrogen and oxygen atoms in total. The Balaban J connectivity index is 5.61. The fourth-order valence-electron chi connectivity index (χ4n) is 2.67. The summed E-state index contributed by atoms with van der Waals surface area (Å²) in [6.45, 7) is 0. The average Bonchev–Trinajstić information content (AvgIpc) is 2.75. The first kappa shape index (κ1) is 31.6. The number of aliphatic carboxylic acids is 3. The lowest BCUT2D eigenvalue weighted by molar-refractivity contribution is -0.144. The van der Waals surface area contributed by atoms with Crippen LogP contribution in [0.15, 0.2) is 0 Å². The van der Waals surface area contributed by atoms with Crippen LogP contribution in [0.4, 0.5) is 0 Å². The van der Waals surface area contributed by atoms with Crippen molar-refractivity contribution in [2.45, 2.75) is 62.7 Å². The topological polar surface area (TPSA) is 268 Å². The lowest BCUT2D eigenvalue weighted by atomic mass is 10.1. The molecular formula is C19H31N5O10S. The third kappa shape index (κ3) is 13.8. The second kappa shape index (κ2) is 16.3. The van der Waals surface area contributed by atoms with E-state index in [1.165, 1.54) is 11.8 Å². The van der Waals surface area contributed by atoms with E-state index in [0.717, 1.165) is 0 Å². The number of carbonyl (C=O) groups excluding carboxylic acids is 4. The number of amides is 4. The highest BCUT2D eigenvalue weighted by Crippen LogP contribution is 2.06. The zero-order chi connectivity index (χ0) is 27.1. The van der Waals surface area contributed by atoms with Crippen molar-refractivity contribution >= 4 is 53.3 Å². The highest BCUT2D eigenvalue weighted by atomic mass is 32.2. The number of carbonyl (C=O) groups is 7. The number of rotatable bonds is 18. The van der Waals surface area contributed by atoms with E-state index in [2.05, 4.69) is 10.6 Å². The van der Waals surface area contributed by atoms with Crippen molar-refractivity contribution in [3.63, 3.8) is 0 Å². The van der Waals surface area contributed by atoms with Crippen LogP contribution in [0.1, 0.15) is 38.5 Å². The first-order chi connectivity index (χ1) is 16.3. The normalized spacial score (nSPS) is 14.0. The molecule has 0 aliphatic carbocycles. The van der Waals surface area contributed by atoms with Crippen LogP contribution in [0.3, 0.4) is 0 Å². The molecule has 0 spiro atoms. The molecule has 0 aromatic heterocycles. The number of carboxylic acids is 3. The minimum atomic E-state index is -1.74. The molecular weight excluding hydrogens is 490 g/mol. The van der Waals surface area contributed by atoms with Gasteiger partial charge in [0.15, 0.2) is 0 Å². The number of primary amides is 1. The molecule has 0 saturated heterocycles. The first-order valence-electron chi connectivity index (χ1n) is 10.4. The second-order valence-corrected chi connectivity index (χ2v) is 8.43. The van der Waals surface area contributed by atoms with E-state index in [0.29, 0.717) is 5.75 Å². The standard InChI is InChI=1S/C19H31N5O10S/c1-35-7-6-9(20)16(30)22-10(2-4-14(26)27)17(31)23-11(3-5-15(28)29)18(32)24-12(19(33)34)8-13(21)25/h9-12H,2-8,20H2,1H3,(H2,21,25)(H,22,30)(H,23,31)(H,24,32)(H,26,27)(H,28,29)(H,33,34). The van der Waals surface area contributed by atoms with E-state index in [9.17, 15) is 33.6 Å². The molecule has 4 unspecified atom stereocenters. The van der Waals surface area contributed by atoms with Crippen molar-refractivity contribution in [1.29, 1.82) is 0 Å². The third-order valence-corrected chi connectivity index (χ3v) is 5.19. The molecule has 4 atom stereocenters. The lowest BCUT2D eigenvalue weighted by Crippen LogP contribution is -2.57. The van der Waals surface area contributed by atoms with Gasteiger partial charge in [0.1, 0.15) is 18.1 Å². The van der Waals surface area contributed by atoms with Gasteiger partial charge in [-0.2, -0.15) is 11.8 Å². The van der Waals surface area contributed by atoms with Crippen molar-refractivity contribution in [2.75, 3.05) is 12.0 Å². The minimum absolute atomic E-state index is 0.278. The van der Waals surface area contributed by atoms with Gasteiger partial charge in [-0.1, -0.05) is 0 Å². The Morgan fingerprint density at radius 2 is 1.17 bits per heavy atom. The van der Waals surface area contributed by atoms with Gasteiger partial charge in [0.25, 0.3) is 0 Å². The van der Waals surface area contributed by atoms with E-state index in [-0.39, 0.29) is 12.8 Å². The van der Waals surface area contributed by atoms with Crippen molar-refractivity contribution in [3.8, 4) is 0 Å². The van der Waals surface area contributed by atoms with Crippen LogP contribution in [-0.2, 0) is 33.6 Å². The molecule has 0 aromatic rings. The Morgan fingerprint density at radius 1 is 0.743 bits per heavy atom. The molecule has 4 amide bonds. The Labute approximate surface area is 204 Å². The molecule has 0 bridgehead atoms. The van der Waals surface area contributed by atoms with E-state index < -0.39 is 91.4 Å². The van der Waals surface area contributed by atoms with E-state index in [1.54, 1.807) is 6.26 Å². The fourth-order valence-corrected chi connectivity index (χ4v) is 3.16. The van der Waals surface area contributed by atoms with Gasteiger partial charge in [-0.15, -0.1) is 0 Å². The summed E-state index contributed by atoms with van der Waals surface area (Å²) in [6, 6.07) is -5.73. The number of thioether (sulfide) groups is 1. The molecule has 0 aliphatic rings. The summed E-state index contributed by atoms with van der Waals surface area (Å²) in [4.78, 5) is 82.0. The van der Waals surface area contributed by atoms with Crippen LogP contribution in [0.5, 0.6) is 0 Å². The lowest BCUT2D eigenvalue weighted by Gasteiger charge is -2.24.